The molecule has 0 aliphatic rings. The molecule has 2 aromatic heterocycles. The van der Waals surface area contributed by atoms with Crippen LogP contribution in [-0.2, 0) is 0 Å². The molecular formula is C18H16N4OS. The van der Waals surface area contributed by atoms with Crippen molar-refractivity contribution in [3.8, 4) is 11.8 Å². The van der Waals surface area contributed by atoms with Gasteiger partial charge >= 0.3 is 0 Å². The van der Waals surface area contributed by atoms with E-state index in [4.69, 9.17) is 5.26 Å². The van der Waals surface area contributed by atoms with Gasteiger partial charge in [-0.25, -0.2) is 9.67 Å². The zero-order chi connectivity index (χ0) is 17.1. The number of nitrogens with zero attached hydrogens (tertiary/aromatic N) is 4. The van der Waals surface area contributed by atoms with E-state index in [-0.39, 0.29) is 12.2 Å². The van der Waals surface area contributed by atoms with Gasteiger partial charge < -0.3 is 5.11 Å². The van der Waals surface area contributed by atoms with Crippen molar-refractivity contribution in [2.45, 2.75) is 20.3 Å². The van der Waals surface area contributed by atoms with Crippen LogP contribution < -0.4 is 0 Å². The molecular weight excluding hydrogens is 320 g/mol. The van der Waals surface area contributed by atoms with Gasteiger partial charge in [0.1, 0.15) is 5.76 Å². The molecule has 0 aliphatic heterocycles. The zero-order valence-corrected chi connectivity index (χ0v) is 14.2. The summed E-state index contributed by atoms with van der Waals surface area (Å²) in [5.74, 6) is 0.0814. The molecule has 0 amide bonds. The summed E-state index contributed by atoms with van der Waals surface area (Å²) in [6.45, 7) is 3.74. The second kappa shape index (κ2) is 6.69. The van der Waals surface area contributed by atoms with Gasteiger partial charge in [-0.15, -0.1) is 11.3 Å². The van der Waals surface area contributed by atoms with Crippen molar-refractivity contribution < 1.29 is 5.11 Å². The van der Waals surface area contributed by atoms with E-state index in [1.54, 1.807) is 10.7 Å². The first kappa shape index (κ1) is 16.0. The van der Waals surface area contributed by atoms with Crippen LogP contribution >= 0.6 is 11.3 Å². The maximum Gasteiger partial charge on any atom is 0.141 e. The topological polar surface area (TPSA) is 74.7 Å². The van der Waals surface area contributed by atoms with Crippen molar-refractivity contribution in [2.75, 3.05) is 0 Å². The highest BCUT2D eigenvalue weighted by Gasteiger charge is 2.18. The van der Waals surface area contributed by atoms with Gasteiger partial charge in [-0.05, 0) is 32.0 Å². The van der Waals surface area contributed by atoms with E-state index in [0.29, 0.717) is 16.1 Å². The Hall–Kier alpha value is -2.91. The third-order valence-corrected chi connectivity index (χ3v) is 4.66. The number of aliphatic hydroxyl groups is 1. The van der Waals surface area contributed by atoms with Gasteiger partial charge in [0.15, 0.2) is 0 Å². The summed E-state index contributed by atoms with van der Waals surface area (Å²) in [6, 6.07) is 13.6. The highest BCUT2D eigenvalue weighted by Crippen LogP contribution is 2.31. The number of thiazole rings is 1. The predicted octanol–water partition coefficient (Wildman–Crippen LogP) is 4.29. The molecule has 3 aromatic rings. The lowest BCUT2D eigenvalue weighted by molar-refractivity contribution is 0.513. The van der Waals surface area contributed by atoms with Gasteiger partial charge in [0.05, 0.1) is 39.5 Å². The van der Waals surface area contributed by atoms with Crippen LogP contribution in [0.2, 0.25) is 0 Å². The first-order valence-corrected chi connectivity index (χ1v) is 8.26. The Balaban J connectivity index is 2.06. The average molecular weight is 336 g/mol. The summed E-state index contributed by atoms with van der Waals surface area (Å²) in [7, 11) is 0. The molecule has 1 N–H and O–H groups in total. The lowest BCUT2D eigenvalue weighted by Gasteiger charge is -2.05. The minimum absolute atomic E-state index is 0.0774. The highest BCUT2D eigenvalue weighted by molar-refractivity contribution is 7.12. The summed E-state index contributed by atoms with van der Waals surface area (Å²) in [5.41, 5.74) is 2.78. The molecule has 0 atom stereocenters. The van der Waals surface area contributed by atoms with Gasteiger partial charge in [-0.3, -0.25) is 0 Å². The molecule has 0 aliphatic carbocycles. The summed E-state index contributed by atoms with van der Waals surface area (Å²) in [6.07, 6.45) is 1.90. The highest BCUT2D eigenvalue weighted by atomic mass is 32.1. The number of rotatable bonds is 4. The zero-order valence-electron chi connectivity index (χ0n) is 13.4. The van der Waals surface area contributed by atoms with E-state index in [9.17, 15) is 5.11 Å². The monoisotopic (exact) mass is 336 g/mol. The number of hydrogen-bond acceptors (Lipinski definition) is 5. The average Bonchev–Trinajstić information content (AvgIpc) is 3.19. The molecule has 0 bridgehead atoms. The van der Waals surface area contributed by atoms with Crippen LogP contribution in [0, 0.1) is 25.2 Å². The second-order valence-electron chi connectivity index (χ2n) is 5.29. The fourth-order valence-electron chi connectivity index (χ4n) is 2.47. The summed E-state index contributed by atoms with van der Waals surface area (Å²) in [4.78, 5) is 5.02. The van der Waals surface area contributed by atoms with E-state index in [2.05, 4.69) is 16.2 Å². The summed E-state index contributed by atoms with van der Waals surface area (Å²) < 4.78 is 1.73. The molecule has 0 fully saturated rings. The first-order chi connectivity index (χ1) is 11.6. The molecule has 120 valence electrons. The van der Waals surface area contributed by atoms with Crippen molar-refractivity contribution in [1.82, 2.24) is 14.8 Å². The van der Waals surface area contributed by atoms with Crippen LogP contribution in [0.5, 0.6) is 0 Å². The van der Waals surface area contributed by atoms with Crippen LogP contribution in [0.1, 0.15) is 27.7 Å². The second-order valence-corrected chi connectivity index (χ2v) is 6.49. The van der Waals surface area contributed by atoms with E-state index < -0.39 is 0 Å². The van der Waals surface area contributed by atoms with E-state index in [1.807, 2.05) is 50.4 Å². The Morgan fingerprint density at radius 3 is 2.62 bits per heavy atom. The molecule has 0 saturated heterocycles. The van der Waals surface area contributed by atoms with E-state index >= 15 is 0 Å². The predicted molar refractivity (Wildman–Crippen MR) is 94.8 cm³/mol. The number of para-hydroxylation sites is 1. The standard InChI is InChI=1S/C18H16N4OS/c1-12-18(24-13(2)20-12)17(23)15(8-10-19)16-9-11-22(21-16)14-6-4-3-5-7-14/h3-7,9,11,23H,8H2,1-2H3/b17-15-. The quantitative estimate of drug-likeness (QED) is 0.721. The van der Waals surface area contributed by atoms with Crippen LogP contribution in [0.25, 0.3) is 17.0 Å². The van der Waals surface area contributed by atoms with Gasteiger partial charge in [-0.1, -0.05) is 18.2 Å². The van der Waals surface area contributed by atoms with E-state index in [1.165, 1.54) is 11.3 Å². The van der Waals surface area contributed by atoms with Crippen molar-refractivity contribution >= 4 is 22.7 Å². The number of aryl methyl sites for hydroxylation is 2. The maximum absolute atomic E-state index is 10.7. The van der Waals surface area contributed by atoms with Gasteiger partial charge in [-0.2, -0.15) is 10.4 Å². The van der Waals surface area contributed by atoms with Crippen LogP contribution in [-0.4, -0.2) is 19.9 Å². The molecule has 24 heavy (non-hydrogen) atoms. The third kappa shape index (κ3) is 3.07. The Morgan fingerprint density at radius 2 is 2.00 bits per heavy atom. The molecule has 0 saturated carbocycles. The van der Waals surface area contributed by atoms with Gasteiger partial charge in [0.2, 0.25) is 0 Å². The third-order valence-electron chi connectivity index (χ3n) is 3.58. The molecule has 6 heteroatoms. The van der Waals surface area contributed by atoms with Gasteiger partial charge in [0, 0.05) is 11.8 Å². The van der Waals surface area contributed by atoms with Crippen molar-refractivity contribution in [3.63, 3.8) is 0 Å². The molecule has 2 heterocycles. The molecule has 1 aromatic carbocycles. The minimum Gasteiger partial charge on any atom is -0.506 e. The number of hydrogen-bond donors (Lipinski definition) is 1. The molecule has 0 radical (unpaired) electrons. The lowest BCUT2D eigenvalue weighted by atomic mass is 10.1. The number of aliphatic hydroxyl groups excluding tert-OH is 1. The fourth-order valence-corrected chi connectivity index (χ4v) is 3.36. The SMILES string of the molecule is Cc1nc(C)c(/C(O)=C(\CC#N)c2ccn(-c3ccccc3)n2)s1. The van der Waals surface area contributed by atoms with Crippen LogP contribution in [0.15, 0.2) is 42.6 Å². The molecule has 0 spiro atoms. The van der Waals surface area contributed by atoms with Gasteiger partial charge in [0.25, 0.3) is 0 Å². The first-order valence-electron chi connectivity index (χ1n) is 7.45. The Kier molecular flexibility index (Phi) is 4.45. The summed E-state index contributed by atoms with van der Waals surface area (Å²) >= 11 is 1.41. The Labute approximate surface area is 144 Å². The number of aromatic nitrogens is 3. The van der Waals surface area contributed by atoms with Crippen LogP contribution in [0.4, 0.5) is 0 Å². The lowest BCUT2D eigenvalue weighted by Crippen LogP contribution is -1.97. The molecule has 3 rings (SSSR count). The van der Waals surface area contributed by atoms with Crippen LogP contribution in [0.3, 0.4) is 0 Å². The maximum atomic E-state index is 10.7. The normalized spacial score (nSPS) is 11.9. The van der Waals surface area contributed by atoms with E-state index in [0.717, 1.165) is 16.4 Å². The number of benzene rings is 1. The minimum atomic E-state index is 0.0774. The molecule has 5 nitrogen and oxygen atoms in total. The van der Waals surface area contributed by atoms with Crippen molar-refractivity contribution in [1.29, 1.82) is 5.26 Å². The molecule has 0 unspecified atom stereocenters. The fraction of sp³-hybridized carbons (Fsp3) is 0.167. The Morgan fingerprint density at radius 1 is 1.25 bits per heavy atom. The Bertz CT molecular complexity index is 932. The summed E-state index contributed by atoms with van der Waals surface area (Å²) in [5, 5.41) is 25.2. The number of allylic oxidation sites excluding steroid dienone is 1. The van der Waals surface area contributed by atoms with Crippen molar-refractivity contribution in [2.24, 2.45) is 0 Å². The largest absolute Gasteiger partial charge is 0.506 e. The van der Waals surface area contributed by atoms with Crippen molar-refractivity contribution in [3.05, 3.63) is 63.9 Å². The number of nitriles is 1. The smallest absolute Gasteiger partial charge is 0.141 e.